The molecule has 5 rings (SSSR count). The number of rotatable bonds is 14. The van der Waals surface area contributed by atoms with Crippen LogP contribution in [0.3, 0.4) is 0 Å². The Morgan fingerprint density at radius 1 is 0.846 bits per heavy atom. The molecule has 0 bridgehead atoms. The van der Waals surface area contributed by atoms with Crippen molar-refractivity contribution in [1.29, 1.82) is 0 Å². The highest BCUT2D eigenvalue weighted by Gasteiger charge is 2.40. The summed E-state index contributed by atoms with van der Waals surface area (Å²) in [5.41, 5.74) is -0.136. The maximum atomic E-state index is 13.9. The minimum Gasteiger partial charge on any atom is -0.464 e. The summed E-state index contributed by atoms with van der Waals surface area (Å²) in [6.07, 6.45) is -1.31. The second-order valence-electron chi connectivity index (χ2n) is 14.8. The van der Waals surface area contributed by atoms with Crippen LogP contribution in [0.4, 0.5) is 38.0 Å². The monoisotopic (exact) mass is 740 g/mol. The average Bonchev–Trinajstić information content (AvgIpc) is 3.07. The first kappa shape index (κ1) is 39.6. The number of esters is 1. The Morgan fingerprint density at radius 3 is 2.02 bits per heavy atom. The Hall–Kier alpha value is -3.62. The van der Waals surface area contributed by atoms with E-state index in [1.807, 2.05) is 18.7 Å². The van der Waals surface area contributed by atoms with Gasteiger partial charge in [-0.05, 0) is 87.1 Å². The number of nitrogens with zero attached hydrogens (tertiary/aromatic N) is 5. The van der Waals surface area contributed by atoms with Crippen molar-refractivity contribution in [3.05, 3.63) is 47.3 Å². The van der Waals surface area contributed by atoms with Crippen molar-refractivity contribution in [3.8, 4) is 0 Å². The predicted octanol–water partition coefficient (Wildman–Crippen LogP) is 6.75. The summed E-state index contributed by atoms with van der Waals surface area (Å²) in [7, 11) is 0. The van der Waals surface area contributed by atoms with E-state index in [0.29, 0.717) is 68.9 Å². The largest absolute Gasteiger partial charge is 0.464 e. The topological polar surface area (TPSA) is 90.9 Å². The van der Waals surface area contributed by atoms with Gasteiger partial charge in [-0.3, -0.25) is 14.5 Å². The van der Waals surface area contributed by atoms with Gasteiger partial charge in [0.15, 0.2) is 0 Å². The van der Waals surface area contributed by atoms with E-state index in [1.54, 1.807) is 4.90 Å². The summed E-state index contributed by atoms with van der Waals surface area (Å²) in [4.78, 5) is 38.3. The average molecular weight is 741 g/mol. The Kier molecular flexibility index (Phi) is 13.3. The number of carbonyl (C=O) groups is 2. The molecule has 3 aliphatic rings. The summed E-state index contributed by atoms with van der Waals surface area (Å²) < 4.78 is 85.6. The molecule has 1 atom stereocenters. The molecule has 3 fully saturated rings. The summed E-state index contributed by atoms with van der Waals surface area (Å²) in [5.74, 6) is -0.0858. The van der Waals surface area contributed by atoms with E-state index in [9.17, 15) is 35.9 Å². The zero-order valence-electron chi connectivity index (χ0n) is 29.9. The molecule has 4 heterocycles. The Morgan fingerprint density at radius 2 is 1.46 bits per heavy atom. The van der Waals surface area contributed by atoms with Gasteiger partial charge in [-0.2, -0.15) is 26.3 Å². The third kappa shape index (κ3) is 11.2. The molecule has 1 amide bonds. The van der Waals surface area contributed by atoms with Crippen LogP contribution >= 0.6 is 0 Å². The number of hydrogen-bond acceptors (Lipinski definition) is 8. The number of alkyl halides is 6. The predicted molar refractivity (Wildman–Crippen MR) is 185 cm³/mol. The van der Waals surface area contributed by atoms with Crippen molar-refractivity contribution in [1.82, 2.24) is 20.2 Å². The molecule has 1 aromatic carbocycles. The van der Waals surface area contributed by atoms with Gasteiger partial charge in [-0.25, -0.2) is 9.97 Å². The van der Waals surface area contributed by atoms with Crippen molar-refractivity contribution < 1.29 is 40.7 Å². The molecular weight excluding hydrogens is 690 g/mol. The third-order valence-corrected chi connectivity index (χ3v) is 10.4. The summed E-state index contributed by atoms with van der Waals surface area (Å²) in [6, 6.07) is 5.52. The molecule has 2 aromatic rings. The number of likely N-dealkylation sites (tertiary alicyclic amines) is 1. The zero-order chi connectivity index (χ0) is 37.5. The molecule has 3 saturated heterocycles. The molecular formula is C37H50F6N6O3. The number of hydrogen-bond donors (Lipinski definition) is 1. The summed E-state index contributed by atoms with van der Waals surface area (Å²) >= 11 is 0. The lowest BCUT2D eigenvalue weighted by Gasteiger charge is -2.41. The molecule has 0 unspecified atom stereocenters. The number of halogens is 6. The van der Waals surface area contributed by atoms with Crippen molar-refractivity contribution >= 4 is 23.5 Å². The molecule has 1 N–H and O–H groups in total. The number of nitrogens with one attached hydrogen (secondary N) is 1. The third-order valence-electron chi connectivity index (χ3n) is 10.4. The molecule has 3 aliphatic heterocycles. The first-order chi connectivity index (χ1) is 24.7. The SMILES string of the molecule is CC(C)COC(=O)CN1CCC(CCCC2CCN(c3cc(N4CC[C@H]4C(=O)NCCc4ccc(C(F)(F)F)cc4)nc(C(F)(F)F)n3)CC2)CC1. The molecule has 52 heavy (non-hydrogen) atoms. The standard InChI is InChI=1S/C37H50F6N6O3/c1-25(2)24-52-33(50)23-47-17-11-26(12-18-47)4-3-5-27-13-19-48(20-14-27)31-22-32(46-35(45-31)37(41,42)43)49-21-15-30(49)34(51)44-16-10-28-6-8-29(9-7-28)36(38,39)40/h6-9,22,25-27,30H,3-5,10-21,23-24H2,1-2H3,(H,44,51)/t30-/m0/s1. The fourth-order valence-corrected chi connectivity index (χ4v) is 7.17. The number of anilines is 2. The Labute approximate surface area is 301 Å². The number of ether oxygens (including phenoxy) is 1. The molecule has 0 saturated carbocycles. The molecule has 0 radical (unpaired) electrons. The minimum atomic E-state index is -4.76. The van der Waals surface area contributed by atoms with Gasteiger partial charge in [-0.15, -0.1) is 0 Å². The van der Waals surface area contributed by atoms with Crippen molar-refractivity contribution in [2.45, 2.75) is 90.0 Å². The quantitative estimate of drug-likeness (QED) is 0.168. The molecule has 0 aliphatic carbocycles. The van der Waals surface area contributed by atoms with E-state index in [4.69, 9.17) is 4.74 Å². The highest BCUT2D eigenvalue weighted by atomic mass is 19.4. The molecule has 288 valence electrons. The van der Waals surface area contributed by atoms with E-state index in [-0.39, 0.29) is 30.1 Å². The molecule has 15 heteroatoms. The van der Waals surface area contributed by atoms with Crippen LogP contribution in [0.1, 0.15) is 82.2 Å². The fourth-order valence-electron chi connectivity index (χ4n) is 7.17. The van der Waals surface area contributed by atoms with Crippen molar-refractivity contribution in [2.24, 2.45) is 17.8 Å². The molecule has 1 aromatic heterocycles. The highest BCUT2D eigenvalue weighted by molar-refractivity contribution is 5.86. The normalized spacial score (nSPS) is 19.5. The number of aromatic nitrogens is 2. The number of amides is 1. The lowest BCUT2D eigenvalue weighted by Crippen LogP contribution is -2.57. The van der Waals surface area contributed by atoms with Gasteiger partial charge < -0.3 is 19.9 Å². The summed E-state index contributed by atoms with van der Waals surface area (Å²) in [5, 5.41) is 2.76. The smallest absolute Gasteiger partial charge is 0.451 e. The minimum absolute atomic E-state index is 0.0482. The lowest BCUT2D eigenvalue weighted by molar-refractivity contribution is -0.146. The van der Waals surface area contributed by atoms with Gasteiger partial charge in [0.25, 0.3) is 0 Å². The second-order valence-corrected chi connectivity index (χ2v) is 14.8. The van der Waals surface area contributed by atoms with Crippen LogP contribution < -0.4 is 15.1 Å². The van der Waals surface area contributed by atoms with Gasteiger partial charge in [0.1, 0.15) is 17.7 Å². The zero-order valence-corrected chi connectivity index (χ0v) is 29.9. The van der Waals surface area contributed by atoms with Gasteiger partial charge in [0, 0.05) is 32.2 Å². The van der Waals surface area contributed by atoms with Crippen LogP contribution in [0.2, 0.25) is 0 Å². The van der Waals surface area contributed by atoms with E-state index in [1.165, 1.54) is 18.2 Å². The first-order valence-corrected chi connectivity index (χ1v) is 18.5. The number of piperidine rings is 2. The lowest BCUT2D eigenvalue weighted by atomic mass is 9.87. The van der Waals surface area contributed by atoms with Crippen LogP contribution in [0.25, 0.3) is 0 Å². The van der Waals surface area contributed by atoms with Crippen LogP contribution in [0, 0.1) is 17.8 Å². The number of benzene rings is 1. The maximum Gasteiger partial charge on any atom is 0.451 e. The van der Waals surface area contributed by atoms with Crippen molar-refractivity contribution in [3.63, 3.8) is 0 Å². The Balaban J connectivity index is 1.07. The maximum absolute atomic E-state index is 13.9. The molecule has 0 spiro atoms. The van der Waals surface area contributed by atoms with E-state index in [0.717, 1.165) is 70.2 Å². The van der Waals surface area contributed by atoms with Gasteiger partial charge in [-0.1, -0.05) is 45.2 Å². The van der Waals surface area contributed by atoms with E-state index >= 15 is 0 Å². The van der Waals surface area contributed by atoms with Crippen LogP contribution in [0.15, 0.2) is 30.3 Å². The van der Waals surface area contributed by atoms with Crippen LogP contribution in [0.5, 0.6) is 0 Å². The van der Waals surface area contributed by atoms with E-state index in [2.05, 4.69) is 20.2 Å². The summed E-state index contributed by atoms with van der Waals surface area (Å²) in [6.45, 7) is 8.32. The van der Waals surface area contributed by atoms with Gasteiger partial charge in [0.2, 0.25) is 11.7 Å². The molecule has 9 nitrogen and oxygen atoms in total. The van der Waals surface area contributed by atoms with Crippen LogP contribution in [-0.2, 0) is 33.1 Å². The number of carbonyl (C=O) groups excluding carboxylic acids is 2. The first-order valence-electron chi connectivity index (χ1n) is 18.5. The fraction of sp³-hybridized carbons (Fsp3) is 0.676. The van der Waals surface area contributed by atoms with E-state index < -0.39 is 29.8 Å². The second kappa shape index (κ2) is 17.5. The van der Waals surface area contributed by atoms with Gasteiger partial charge >= 0.3 is 18.3 Å². The van der Waals surface area contributed by atoms with Crippen molar-refractivity contribution in [2.75, 3.05) is 62.2 Å². The highest BCUT2D eigenvalue weighted by Crippen LogP contribution is 2.35. The van der Waals surface area contributed by atoms with Crippen LogP contribution in [-0.4, -0.2) is 85.2 Å². The van der Waals surface area contributed by atoms with Gasteiger partial charge in [0.05, 0.1) is 18.7 Å². The Bertz CT molecular complexity index is 1470.